The van der Waals surface area contributed by atoms with Crippen molar-refractivity contribution in [3.05, 3.63) is 104 Å². The van der Waals surface area contributed by atoms with E-state index in [0.717, 1.165) is 78.6 Å². The number of hydrogen-bond donors (Lipinski definition) is 2. The Balaban J connectivity index is 1.23. The highest BCUT2D eigenvalue weighted by atomic mass is 35.5. The number of aryl methyl sites for hydroxylation is 1. The molecule has 6 rings (SSSR count). The number of rotatable bonds is 9. The van der Waals surface area contributed by atoms with E-state index in [4.69, 9.17) is 38.8 Å². The summed E-state index contributed by atoms with van der Waals surface area (Å²) in [5.74, 6) is 4.83. The Hall–Kier alpha value is -4.24. The molecule has 4 heterocycles. The van der Waals surface area contributed by atoms with Crippen molar-refractivity contribution in [3.8, 4) is 23.1 Å². The Labute approximate surface area is 296 Å². The number of carbonyl (C=O) groups is 2. The van der Waals surface area contributed by atoms with Crippen LogP contribution in [0, 0.1) is 11.8 Å². The highest BCUT2D eigenvalue weighted by Gasteiger charge is 2.30. The fraction of sp³-hybridized carbons (Fsp3) is 0.351. The Bertz CT molecular complexity index is 1890. The monoisotopic (exact) mass is 699 g/mol. The average molecular weight is 701 g/mol. The zero-order valence-corrected chi connectivity index (χ0v) is 28.9. The van der Waals surface area contributed by atoms with E-state index in [1.165, 1.54) is 4.90 Å². The van der Waals surface area contributed by atoms with Crippen LogP contribution in [0.4, 0.5) is 0 Å². The predicted octanol–water partition coefficient (Wildman–Crippen LogP) is 4.42. The van der Waals surface area contributed by atoms with E-state index in [1.807, 2.05) is 54.6 Å². The molecule has 0 unspecified atom stereocenters. The van der Waals surface area contributed by atoms with E-state index >= 15 is 0 Å². The van der Waals surface area contributed by atoms with Gasteiger partial charge in [-0.15, -0.1) is 0 Å². The minimum absolute atomic E-state index is 0.249. The summed E-state index contributed by atoms with van der Waals surface area (Å²) in [5.41, 5.74) is 12.2. The van der Waals surface area contributed by atoms with Gasteiger partial charge >= 0.3 is 11.8 Å². The second kappa shape index (κ2) is 16.0. The van der Waals surface area contributed by atoms with Crippen molar-refractivity contribution in [2.24, 2.45) is 5.73 Å². The molecule has 2 aromatic carbocycles. The summed E-state index contributed by atoms with van der Waals surface area (Å²) in [5, 5.41) is 9.62. The molecular formula is C37H39Cl2N7O3. The quantitative estimate of drug-likeness (QED) is 0.196. The van der Waals surface area contributed by atoms with E-state index in [0.29, 0.717) is 47.7 Å². The Morgan fingerprint density at radius 2 is 1.90 bits per heavy atom. The SMILES string of the molecule is C[C@H]1COCCN1CCCn1nc(-c2ccc(Cl)c(C#Cc3ccc(Cl)c(CNCc4ccccn4)c3)c2)c2c1CCN(C(=O)C(N)=O)C2. The first-order valence-electron chi connectivity index (χ1n) is 16.5. The molecule has 2 aliphatic heterocycles. The van der Waals surface area contributed by atoms with Crippen LogP contribution in [-0.2, 0) is 46.9 Å². The summed E-state index contributed by atoms with van der Waals surface area (Å²) in [7, 11) is 0. The third kappa shape index (κ3) is 8.50. The first kappa shape index (κ1) is 34.6. The standard InChI is InChI=1S/C37H39Cl2N7O3/c1-25-24-49-18-17-44(25)14-4-15-46-34-12-16-45(37(48)36(40)47)23-31(34)35(43-46)28-9-11-32(38)27(20-28)8-6-26-7-10-33(39)29(19-26)21-41-22-30-5-2-3-13-42-30/h2-3,5,7,9-11,13,19-20,25,41H,4,12,14-18,21-24H2,1H3,(H2,40,47)/t25-/m0/s1. The summed E-state index contributed by atoms with van der Waals surface area (Å²) in [6.45, 7) is 8.11. The van der Waals surface area contributed by atoms with Crippen LogP contribution in [0.15, 0.2) is 60.8 Å². The van der Waals surface area contributed by atoms with E-state index in [-0.39, 0.29) is 6.54 Å². The van der Waals surface area contributed by atoms with Crippen molar-refractivity contribution in [1.82, 2.24) is 29.9 Å². The van der Waals surface area contributed by atoms with Crippen LogP contribution in [0.2, 0.25) is 10.0 Å². The molecule has 1 fully saturated rings. The molecule has 4 aromatic rings. The van der Waals surface area contributed by atoms with Crippen molar-refractivity contribution in [2.75, 3.05) is 32.8 Å². The number of primary amides is 1. The van der Waals surface area contributed by atoms with Gasteiger partial charge in [-0.1, -0.05) is 47.2 Å². The molecule has 0 bridgehead atoms. The lowest BCUT2D eigenvalue weighted by Gasteiger charge is -2.33. The van der Waals surface area contributed by atoms with E-state index in [1.54, 1.807) is 6.20 Å². The van der Waals surface area contributed by atoms with Crippen molar-refractivity contribution in [3.63, 3.8) is 0 Å². The number of hydrogen-bond acceptors (Lipinski definition) is 7. The van der Waals surface area contributed by atoms with Gasteiger partial charge in [-0.2, -0.15) is 5.10 Å². The van der Waals surface area contributed by atoms with Crippen LogP contribution in [0.3, 0.4) is 0 Å². The average Bonchev–Trinajstić information content (AvgIpc) is 3.47. The van der Waals surface area contributed by atoms with Gasteiger partial charge in [-0.25, -0.2) is 0 Å². The molecule has 12 heteroatoms. The molecule has 0 saturated carbocycles. The van der Waals surface area contributed by atoms with Gasteiger partial charge in [0.15, 0.2) is 0 Å². The first-order valence-corrected chi connectivity index (χ1v) is 17.2. The second-order valence-electron chi connectivity index (χ2n) is 12.3. The topological polar surface area (TPSA) is 119 Å². The molecule has 2 aliphatic rings. The highest BCUT2D eigenvalue weighted by molar-refractivity contribution is 6.34. The number of benzene rings is 2. The molecule has 2 aromatic heterocycles. The third-order valence-electron chi connectivity index (χ3n) is 8.93. The molecule has 3 N–H and O–H groups in total. The molecule has 0 radical (unpaired) electrons. The maximum Gasteiger partial charge on any atom is 0.311 e. The number of morpholine rings is 1. The van der Waals surface area contributed by atoms with E-state index in [9.17, 15) is 9.59 Å². The van der Waals surface area contributed by atoms with Gasteiger partial charge in [0.25, 0.3) is 0 Å². The van der Waals surface area contributed by atoms with Crippen LogP contribution in [0.1, 0.15) is 47.0 Å². The fourth-order valence-corrected chi connectivity index (χ4v) is 6.63. The van der Waals surface area contributed by atoms with Gasteiger partial charge < -0.3 is 20.7 Å². The number of ether oxygens (including phenoxy) is 1. The van der Waals surface area contributed by atoms with Gasteiger partial charge in [-0.05, 0) is 61.4 Å². The number of fused-ring (bicyclic) bond motifs is 1. The van der Waals surface area contributed by atoms with Crippen molar-refractivity contribution < 1.29 is 14.3 Å². The Morgan fingerprint density at radius 1 is 1.04 bits per heavy atom. The van der Waals surface area contributed by atoms with Gasteiger partial charge in [0.05, 0.1) is 36.2 Å². The van der Waals surface area contributed by atoms with Crippen LogP contribution in [0.25, 0.3) is 11.3 Å². The molecule has 254 valence electrons. The number of halogens is 2. The van der Waals surface area contributed by atoms with Gasteiger partial charge in [0.2, 0.25) is 0 Å². The molecule has 0 spiro atoms. The summed E-state index contributed by atoms with van der Waals surface area (Å²) in [6.07, 6.45) is 3.26. The van der Waals surface area contributed by atoms with Crippen LogP contribution in [-0.4, -0.2) is 75.3 Å². The minimum Gasteiger partial charge on any atom is -0.379 e. The molecule has 0 aliphatic carbocycles. The number of nitrogens with zero attached hydrogens (tertiary/aromatic N) is 5. The zero-order chi connectivity index (χ0) is 34.3. The van der Waals surface area contributed by atoms with Gasteiger partial charge in [0, 0.05) is 90.9 Å². The highest BCUT2D eigenvalue weighted by Crippen LogP contribution is 2.32. The first-order chi connectivity index (χ1) is 23.8. The fourth-order valence-electron chi connectivity index (χ4n) is 6.28. The number of aromatic nitrogens is 3. The number of carbonyl (C=O) groups excluding carboxylic acids is 2. The number of nitrogens with one attached hydrogen (secondary N) is 1. The Kier molecular flexibility index (Phi) is 11.3. The third-order valence-corrected chi connectivity index (χ3v) is 9.63. The summed E-state index contributed by atoms with van der Waals surface area (Å²) >= 11 is 13.2. The maximum atomic E-state index is 12.6. The lowest BCUT2D eigenvalue weighted by Crippen LogP contribution is -2.44. The minimum atomic E-state index is -0.963. The van der Waals surface area contributed by atoms with Crippen LogP contribution < -0.4 is 11.1 Å². The molecular weight excluding hydrogens is 661 g/mol. The van der Waals surface area contributed by atoms with E-state index < -0.39 is 11.8 Å². The van der Waals surface area contributed by atoms with Crippen molar-refractivity contribution in [2.45, 2.75) is 52.0 Å². The zero-order valence-electron chi connectivity index (χ0n) is 27.4. The normalized spacial score (nSPS) is 16.1. The number of nitrogens with two attached hydrogens (primary N) is 1. The van der Waals surface area contributed by atoms with Crippen LogP contribution >= 0.6 is 23.2 Å². The largest absolute Gasteiger partial charge is 0.379 e. The smallest absolute Gasteiger partial charge is 0.311 e. The van der Waals surface area contributed by atoms with Gasteiger partial charge in [0.1, 0.15) is 0 Å². The summed E-state index contributed by atoms with van der Waals surface area (Å²) in [4.78, 5) is 32.6. The van der Waals surface area contributed by atoms with Crippen molar-refractivity contribution in [1.29, 1.82) is 0 Å². The van der Waals surface area contributed by atoms with E-state index in [2.05, 4.69) is 38.6 Å². The summed E-state index contributed by atoms with van der Waals surface area (Å²) in [6, 6.07) is 17.6. The molecule has 1 saturated heterocycles. The maximum absolute atomic E-state index is 12.6. The van der Waals surface area contributed by atoms with Crippen molar-refractivity contribution >= 4 is 35.0 Å². The molecule has 49 heavy (non-hydrogen) atoms. The number of amides is 2. The molecule has 1 atom stereocenters. The van der Waals surface area contributed by atoms with Crippen LogP contribution in [0.5, 0.6) is 0 Å². The lowest BCUT2D eigenvalue weighted by atomic mass is 9.99. The number of pyridine rings is 1. The lowest BCUT2D eigenvalue weighted by molar-refractivity contribution is -0.144. The molecule has 2 amide bonds. The molecule has 10 nitrogen and oxygen atoms in total. The Morgan fingerprint density at radius 3 is 2.69 bits per heavy atom. The summed E-state index contributed by atoms with van der Waals surface area (Å²) < 4.78 is 7.65. The van der Waals surface area contributed by atoms with Gasteiger partial charge in [-0.3, -0.25) is 24.2 Å². The second-order valence-corrected chi connectivity index (χ2v) is 13.1. The predicted molar refractivity (Wildman–Crippen MR) is 190 cm³/mol.